The second kappa shape index (κ2) is 29.2. The monoisotopic (exact) mass is 1010 g/mol. The van der Waals surface area contributed by atoms with Gasteiger partial charge in [0.1, 0.15) is 48.8 Å². The Morgan fingerprint density at radius 1 is 0.293 bits per heavy atom. The maximum Gasteiger partial charge on any atom is 0.187 e. The van der Waals surface area contributed by atoms with Crippen molar-refractivity contribution in [1.82, 2.24) is 0 Å². The molecule has 0 aromatic heterocycles. The summed E-state index contributed by atoms with van der Waals surface area (Å²) in [6, 6.07) is 70.4. The number of hydrogen-bond acceptors (Lipinski definition) is 11. The van der Waals surface area contributed by atoms with Crippen LogP contribution in [0, 0.1) is 0 Å². The van der Waals surface area contributed by atoms with Gasteiger partial charge in [-0.2, -0.15) is 0 Å². The first-order chi connectivity index (χ1) is 37.2. The summed E-state index contributed by atoms with van der Waals surface area (Å²) in [5, 5.41) is 0. The topological polar surface area (TPSA) is 102 Å². The molecule has 0 spiro atoms. The third-order valence-corrected chi connectivity index (χ3v) is 13.1. The van der Waals surface area contributed by atoms with Crippen LogP contribution in [-0.2, 0) is 98.4 Å². The van der Waals surface area contributed by atoms with Gasteiger partial charge in [-0.25, -0.2) is 0 Å². The highest BCUT2D eigenvalue weighted by molar-refractivity contribution is 5.19. The van der Waals surface area contributed by atoms with Crippen LogP contribution < -0.4 is 0 Å². The zero-order valence-corrected chi connectivity index (χ0v) is 42.3. The number of ether oxygens (including phenoxy) is 11. The van der Waals surface area contributed by atoms with Crippen LogP contribution in [0.4, 0.5) is 0 Å². The lowest BCUT2D eigenvalue weighted by Crippen LogP contribution is -2.64. The summed E-state index contributed by atoms with van der Waals surface area (Å²) in [5.74, 6) is 0. The van der Waals surface area contributed by atoms with E-state index in [4.69, 9.17) is 52.1 Å². The molecule has 7 aromatic carbocycles. The molecular weight excluding hydrogens is 945 g/mol. The van der Waals surface area contributed by atoms with Crippen LogP contribution in [0.1, 0.15) is 38.9 Å². The fourth-order valence-corrected chi connectivity index (χ4v) is 9.25. The molecule has 0 radical (unpaired) electrons. The first-order valence-electron chi connectivity index (χ1n) is 25.9. The number of hydrogen-bond donors (Lipinski definition) is 0. The quantitative estimate of drug-likeness (QED) is 0.0438. The van der Waals surface area contributed by atoms with E-state index in [-0.39, 0.29) is 52.9 Å². The van der Waals surface area contributed by atoms with Crippen molar-refractivity contribution in [2.24, 2.45) is 0 Å². The molecule has 2 heterocycles. The largest absolute Gasteiger partial charge is 0.374 e. The summed E-state index contributed by atoms with van der Waals surface area (Å²) in [5.41, 5.74) is 6.96. The van der Waals surface area contributed by atoms with E-state index in [1.807, 2.05) is 212 Å². The molecular formula is C64H68O11. The fourth-order valence-electron chi connectivity index (χ4n) is 9.25. The molecule has 0 N–H and O–H groups in total. The Bertz CT molecular complexity index is 2630. The normalized spacial score (nSPS) is 23.6. The van der Waals surface area contributed by atoms with Crippen molar-refractivity contribution in [3.63, 3.8) is 0 Å². The maximum absolute atomic E-state index is 7.12. The molecule has 390 valence electrons. The highest BCUT2D eigenvalue weighted by atomic mass is 16.8. The van der Waals surface area contributed by atoms with Gasteiger partial charge < -0.3 is 52.1 Å². The zero-order valence-electron chi connectivity index (χ0n) is 42.3. The molecule has 75 heavy (non-hydrogen) atoms. The van der Waals surface area contributed by atoms with Crippen molar-refractivity contribution in [2.45, 2.75) is 108 Å². The number of benzene rings is 7. The summed E-state index contributed by atoms with van der Waals surface area (Å²) in [6.07, 6.45) is -6.03. The van der Waals surface area contributed by atoms with Gasteiger partial charge in [0.15, 0.2) is 12.6 Å². The Labute approximate surface area is 441 Å². The predicted octanol–water partition coefficient (Wildman–Crippen LogP) is 11.4. The van der Waals surface area contributed by atoms with E-state index in [2.05, 4.69) is 6.58 Å². The highest BCUT2D eigenvalue weighted by Gasteiger charge is 2.52. The summed E-state index contributed by atoms with van der Waals surface area (Å²) in [6.45, 7) is 6.30. The lowest BCUT2D eigenvalue weighted by molar-refractivity contribution is -0.352. The first-order valence-corrected chi connectivity index (χ1v) is 25.9. The minimum Gasteiger partial charge on any atom is -0.374 e. The van der Waals surface area contributed by atoms with Crippen LogP contribution in [0.5, 0.6) is 0 Å². The lowest BCUT2D eigenvalue weighted by Gasteiger charge is -2.48. The Kier molecular flexibility index (Phi) is 20.9. The second-order valence-electron chi connectivity index (χ2n) is 18.6. The lowest BCUT2D eigenvalue weighted by atomic mass is 9.96. The van der Waals surface area contributed by atoms with Gasteiger partial charge in [0.05, 0.1) is 66.1 Å². The Morgan fingerprint density at radius 2 is 0.560 bits per heavy atom. The van der Waals surface area contributed by atoms with Crippen LogP contribution in [0.15, 0.2) is 225 Å². The molecule has 1 unspecified atom stereocenters. The second-order valence-corrected chi connectivity index (χ2v) is 18.6. The highest BCUT2D eigenvalue weighted by Crippen LogP contribution is 2.35. The standard InChI is InChI=1S/C64H68O11/c1-2-38-66-63-61(71-44-53-34-20-8-21-35-53)60(70-43-52-32-18-7-19-33-52)58(68-41-50-28-14-5-15-29-50)56(75-63)47-73-64-62(72-45-54-36-22-9-23-37-54)59(69-42-51-30-16-6-17-31-51)57(67-40-49-26-12-4-13-27-49)55(74-64)46-65-39-48-24-10-3-11-25-48/h2-37,55-64H,1,38-47H2/t55-,56-,57-,58-,59+,60+,61-,62+,63?,64+/m1/s1. The Hall–Kier alpha value is -6.16. The minimum atomic E-state index is -1.02. The molecule has 0 saturated carbocycles. The Balaban J connectivity index is 1.06. The van der Waals surface area contributed by atoms with Crippen molar-refractivity contribution >= 4 is 0 Å². The van der Waals surface area contributed by atoms with Crippen LogP contribution >= 0.6 is 0 Å². The van der Waals surface area contributed by atoms with Crippen LogP contribution in [0.25, 0.3) is 0 Å². The molecule has 9 rings (SSSR count). The number of rotatable bonds is 28. The minimum absolute atomic E-state index is 0.0294. The van der Waals surface area contributed by atoms with Crippen LogP contribution in [-0.4, -0.2) is 81.2 Å². The Morgan fingerprint density at radius 3 is 0.880 bits per heavy atom. The van der Waals surface area contributed by atoms with Gasteiger partial charge in [0.25, 0.3) is 0 Å². The van der Waals surface area contributed by atoms with Gasteiger partial charge in [-0.05, 0) is 38.9 Å². The fraction of sp³-hybridized carbons (Fsp3) is 0.312. The first kappa shape index (κ1) is 53.7. The molecule has 0 amide bonds. The van der Waals surface area contributed by atoms with E-state index in [0.717, 1.165) is 38.9 Å². The van der Waals surface area contributed by atoms with Gasteiger partial charge in [-0.1, -0.05) is 218 Å². The van der Waals surface area contributed by atoms with E-state index >= 15 is 0 Å². The molecule has 2 fully saturated rings. The molecule has 2 aliphatic heterocycles. The predicted molar refractivity (Wildman–Crippen MR) is 286 cm³/mol. The molecule has 2 saturated heterocycles. The van der Waals surface area contributed by atoms with E-state index in [9.17, 15) is 0 Å². The smallest absolute Gasteiger partial charge is 0.187 e. The summed E-state index contributed by atoms with van der Waals surface area (Å²) < 4.78 is 75.9. The summed E-state index contributed by atoms with van der Waals surface area (Å²) >= 11 is 0. The van der Waals surface area contributed by atoms with Gasteiger partial charge in [-0.15, -0.1) is 6.58 Å². The van der Waals surface area contributed by atoms with E-state index in [1.54, 1.807) is 6.08 Å². The van der Waals surface area contributed by atoms with Crippen molar-refractivity contribution in [2.75, 3.05) is 19.8 Å². The third-order valence-electron chi connectivity index (χ3n) is 13.1. The molecule has 0 bridgehead atoms. The summed E-state index contributed by atoms with van der Waals surface area (Å²) in [4.78, 5) is 0. The summed E-state index contributed by atoms with van der Waals surface area (Å²) in [7, 11) is 0. The van der Waals surface area contributed by atoms with Crippen molar-refractivity contribution in [3.05, 3.63) is 264 Å². The van der Waals surface area contributed by atoms with Gasteiger partial charge in [0, 0.05) is 0 Å². The molecule has 10 atom stereocenters. The van der Waals surface area contributed by atoms with E-state index in [1.165, 1.54) is 0 Å². The molecule has 11 nitrogen and oxygen atoms in total. The van der Waals surface area contributed by atoms with Gasteiger partial charge in [0.2, 0.25) is 0 Å². The maximum atomic E-state index is 7.12. The van der Waals surface area contributed by atoms with E-state index in [0.29, 0.717) is 13.2 Å². The van der Waals surface area contributed by atoms with Crippen molar-refractivity contribution < 1.29 is 52.1 Å². The third kappa shape index (κ3) is 16.2. The van der Waals surface area contributed by atoms with Crippen molar-refractivity contribution in [1.29, 1.82) is 0 Å². The SMILES string of the molecule is C=CCOC1O[C@H](CO[C@H]2O[C@H](COCc3ccccc3)[C@@H](OCc3ccccc3)[C@H](OCc3ccccc3)[C@@H]2OCc2ccccc2)[C@@H](OCc2ccccc2)[C@H](OCc2ccccc2)[C@H]1OCc1ccccc1. The van der Waals surface area contributed by atoms with Gasteiger partial charge >= 0.3 is 0 Å². The van der Waals surface area contributed by atoms with Crippen molar-refractivity contribution in [3.8, 4) is 0 Å². The molecule has 7 aromatic rings. The molecule has 11 heteroatoms. The average molecular weight is 1010 g/mol. The molecule has 2 aliphatic rings. The zero-order chi connectivity index (χ0) is 51.1. The van der Waals surface area contributed by atoms with Gasteiger partial charge in [-0.3, -0.25) is 0 Å². The van der Waals surface area contributed by atoms with Crippen LogP contribution in [0.3, 0.4) is 0 Å². The van der Waals surface area contributed by atoms with E-state index < -0.39 is 61.4 Å². The molecule has 0 aliphatic carbocycles. The average Bonchev–Trinajstić information content (AvgIpc) is 3.47. The van der Waals surface area contributed by atoms with Crippen LogP contribution in [0.2, 0.25) is 0 Å².